The molecule has 114 valence electrons. The Balaban J connectivity index is 0.00000400. The minimum atomic E-state index is -4.36. The van der Waals surface area contributed by atoms with Crippen LogP contribution in [0.1, 0.15) is 63.0 Å². The minimum absolute atomic E-state index is 0. The van der Waals surface area contributed by atoms with Crippen molar-refractivity contribution in [1.82, 2.24) is 0 Å². The van der Waals surface area contributed by atoms with E-state index < -0.39 is 10.1 Å². The Bertz CT molecular complexity index is 512. The third-order valence-electron chi connectivity index (χ3n) is 3.67. The summed E-state index contributed by atoms with van der Waals surface area (Å²) in [6, 6.07) is 4.92. The Labute approximate surface area is 151 Å². The van der Waals surface area contributed by atoms with Gasteiger partial charge in [-0.25, -0.2) is 8.42 Å². The molecule has 0 atom stereocenters. The van der Waals surface area contributed by atoms with Gasteiger partial charge >= 0.3 is 29.6 Å². The van der Waals surface area contributed by atoms with Crippen LogP contribution in [0.4, 0.5) is 0 Å². The maximum atomic E-state index is 11.3. The molecule has 0 heterocycles. The molecule has 0 fully saturated rings. The summed E-state index contributed by atoms with van der Waals surface area (Å²) in [4.78, 5) is -0.0384. The van der Waals surface area contributed by atoms with Crippen molar-refractivity contribution < 1.29 is 42.5 Å². The van der Waals surface area contributed by atoms with E-state index in [1.54, 1.807) is 6.07 Å². The summed E-state index contributed by atoms with van der Waals surface area (Å²) in [5.41, 5.74) is 1.60. The van der Waals surface area contributed by atoms with Crippen LogP contribution in [0.15, 0.2) is 23.1 Å². The molecule has 0 unspecified atom stereocenters. The van der Waals surface area contributed by atoms with Crippen molar-refractivity contribution in [3.05, 3.63) is 29.3 Å². The van der Waals surface area contributed by atoms with E-state index in [0.717, 1.165) is 18.4 Å². The Morgan fingerprint density at radius 2 is 1.57 bits per heavy atom. The number of hydrogen-bond donors (Lipinski definition) is 0. The zero-order valence-corrected chi connectivity index (χ0v) is 16.3. The predicted octanol–water partition coefficient (Wildman–Crippen LogP) is 1.20. The second-order valence-electron chi connectivity index (χ2n) is 5.38. The maximum absolute atomic E-state index is 11.3. The van der Waals surface area contributed by atoms with Gasteiger partial charge in [0.15, 0.2) is 0 Å². The molecule has 0 radical (unpaired) electrons. The molecule has 0 aliphatic rings. The number of hydrogen-bond acceptors (Lipinski definition) is 3. The Morgan fingerprint density at radius 1 is 1.00 bits per heavy atom. The van der Waals surface area contributed by atoms with E-state index in [1.807, 2.05) is 13.0 Å². The van der Waals surface area contributed by atoms with Gasteiger partial charge in [0.2, 0.25) is 0 Å². The molecule has 5 heteroatoms. The summed E-state index contributed by atoms with van der Waals surface area (Å²) >= 11 is 0. The zero-order valence-electron chi connectivity index (χ0n) is 13.5. The predicted molar refractivity (Wildman–Crippen MR) is 80.8 cm³/mol. The van der Waals surface area contributed by atoms with Gasteiger partial charge in [0.25, 0.3) is 0 Å². The number of rotatable bonds is 9. The molecule has 0 N–H and O–H groups in total. The van der Waals surface area contributed by atoms with Crippen molar-refractivity contribution in [2.24, 2.45) is 0 Å². The average molecular weight is 320 g/mol. The fourth-order valence-corrected chi connectivity index (χ4v) is 3.30. The molecule has 0 saturated heterocycles. The molecule has 0 saturated carbocycles. The van der Waals surface area contributed by atoms with Crippen LogP contribution in [0.2, 0.25) is 0 Å². The van der Waals surface area contributed by atoms with Crippen LogP contribution in [0.3, 0.4) is 0 Å². The molecule has 3 nitrogen and oxygen atoms in total. The third-order valence-corrected chi connectivity index (χ3v) is 4.59. The molecule has 1 aromatic carbocycles. The molecule has 0 aliphatic carbocycles. The summed E-state index contributed by atoms with van der Waals surface area (Å²) in [6.45, 7) is 4.06. The maximum Gasteiger partial charge on any atom is 1.00 e. The van der Waals surface area contributed by atoms with Crippen molar-refractivity contribution in [1.29, 1.82) is 0 Å². The Hall–Kier alpha value is 0.130. The summed E-state index contributed by atoms with van der Waals surface area (Å²) in [5, 5.41) is 0. The van der Waals surface area contributed by atoms with Crippen LogP contribution in [-0.2, 0) is 16.5 Å². The van der Waals surface area contributed by atoms with Gasteiger partial charge < -0.3 is 4.55 Å². The molecule has 0 bridgehead atoms. The molecule has 1 aromatic rings. The van der Waals surface area contributed by atoms with Crippen molar-refractivity contribution in [2.75, 3.05) is 0 Å². The number of benzene rings is 1. The van der Waals surface area contributed by atoms with E-state index in [9.17, 15) is 13.0 Å². The smallest absolute Gasteiger partial charge is 0.744 e. The van der Waals surface area contributed by atoms with Crippen molar-refractivity contribution in [2.45, 2.75) is 70.1 Å². The summed E-state index contributed by atoms with van der Waals surface area (Å²) in [7, 11) is -4.36. The molecule has 0 spiro atoms. The molecular formula is C16H25NaO3S. The van der Waals surface area contributed by atoms with Gasteiger partial charge in [-0.2, -0.15) is 0 Å². The minimum Gasteiger partial charge on any atom is -0.744 e. The number of aryl methyl sites for hydroxylation is 1. The molecule has 1 rings (SSSR count). The van der Waals surface area contributed by atoms with Gasteiger partial charge in [-0.3, -0.25) is 0 Å². The normalized spacial score (nSPS) is 11.2. The van der Waals surface area contributed by atoms with Gasteiger partial charge in [0, 0.05) is 0 Å². The first-order chi connectivity index (χ1) is 9.46. The first kappa shape index (κ1) is 21.1. The Kier molecular flexibility index (Phi) is 10.9. The van der Waals surface area contributed by atoms with E-state index >= 15 is 0 Å². The summed E-state index contributed by atoms with van der Waals surface area (Å²) in [6.07, 6.45) is 8.96. The van der Waals surface area contributed by atoms with Gasteiger partial charge in [-0.15, -0.1) is 0 Å². The molecule has 0 amide bonds. The summed E-state index contributed by atoms with van der Waals surface area (Å²) in [5.74, 6) is 0. The van der Waals surface area contributed by atoms with E-state index in [0.29, 0.717) is 12.0 Å². The van der Waals surface area contributed by atoms with Crippen LogP contribution in [0.5, 0.6) is 0 Å². The third kappa shape index (κ3) is 7.80. The van der Waals surface area contributed by atoms with E-state index in [2.05, 4.69) is 6.92 Å². The van der Waals surface area contributed by atoms with Crippen LogP contribution >= 0.6 is 0 Å². The number of unbranched alkanes of at least 4 members (excludes halogenated alkanes) is 6. The molecule has 21 heavy (non-hydrogen) atoms. The zero-order chi connectivity index (χ0) is 15.0. The fourth-order valence-electron chi connectivity index (χ4n) is 2.49. The first-order valence-electron chi connectivity index (χ1n) is 7.51. The molecule has 0 aliphatic heterocycles. The largest absolute Gasteiger partial charge is 1.00 e. The average Bonchev–Trinajstić information content (AvgIpc) is 2.38. The van der Waals surface area contributed by atoms with Crippen molar-refractivity contribution in [3.8, 4) is 0 Å². The van der Waals surface area contributed by atoms with Crippen LogP contribution in [-0.4, -0.2) is 13.0 Å². The van der Waals surface area contributed by atoms with E-state index in [4.69, 9.17) is 0 Å². The second kappa shape index (κ2) is 10.8. The SMILES string of the molecule is CCCCCCCCCc1c(C)cccc1S(=O)(=O)[O-].[Na+]. The van der Waals surface area contributed by atoms with Gasteiger partial charge in [0.1, 0.15) is 10.1 Å². The topological polar surface area (TPSA) is 57.2 Å². The molecule has 0 aromatic heterocycles. The molecular weight excluding hydrogens is 295 g/mol. The Morgan fingerprint density at radius 3 is 2.14 bits per heavy atom. The fraction of sp³-hybridized carbons (Fsp3) is 0.625. The van der Waals surface area contributed by atoms with E-state index in [1.165, 1.54) is 38.2 Å². The summed E-state index contributed by atoms with van der Waals surface area (Å²) < 4.78 is 33.8. The first-order valence-corrected chi connectivity index (χ1v) is 8.92. The second-order valence-corrected chi connectivity index (χ2v) is 6.73. The van der Waals surface area contributed by atoms with Crippen LogP contribution in [0, 0.1) is 6.92 Å². The van der Waals surface area contributed by atoms with Crippen molar-refractivity contribution >= 4 is 10.1 Å². The quantitative estimate of drug-likeness (QED) is 0.390. The van der Waals surface area contributed by atoms with Gasteiger partial charge in [0.05, 0.1) is 4.90 Å². The van der Waals surface area contributed by atoms with Crippen LogP contribution < -0.4 is 29.6 Å². The monoisotopic (exact) mass is 320 g/mol. The van der Waals surface area contributed by atoms with Gasteiger partial charge in [-0.1, -0.05) is 57.6 Å². The van der Waals surface area contributed by atoms with Gasteiger partial charge in [-0.05, 0) is 37.0 Å². The van der Waals surface area contributed by atoms with Crippen molar-refractivity contribution in [3.63, 3.8) is 0 Å². The standard InChI is InChI=1S/C16H26O3S.Na/c1-3-4-5-6-7-8-9-12-15-14(2)11-10-13-16(15)20(17,18)19;/h10-11,13H,3-9,12H2,1-2H3,(H,17,18,19);/q;+1/p-1. The van der Waals surface area contributed by atoms with Crippen LogP contribution in [0.25, 0.3) is 0 Å². The van der Waals surface area contributed by atoms with E-state index in [-0.39, 0.29) is 34.5 Å².